The van der Waals surface area contributed by atoms with Crippen molar-refractivity contribution in [2.24, 2.45) is 0 Å². The Kier molecular flexibility index (Phi) is 5.61. The van der Waals surface area contributed by atoms with Gasteiger partial charge in [-0.15, -0.1) is 5.10 Å². The SMILES string of the molecule is O=C(CSc1n[nH]c(-c2ccc(Br)cc2)n1)c1ccc(Cl)cc1Cl. The second-order valence-electron chi connectivity index (χ2n) is 4.81. The zero-order chi connectivity index (χ0) is 17.1. The summed E-state index contributed by atoms with van der Waals surface area (Å²) in [5.74, 6) is 0.748. The van der Waals surface area contributed by atoms with E-state index in [0.29, 0.717) is 26.6 Å². The van der Waals surface area contributed by atoms with Gasteiger partial charge in [0.15, 0.2) is 11.6 Å². The second kappa shape index (κ2) is 7.70. The summed E-state index contributed by atoms with van der Waals surface area (Å²) in [5, 5.41) is 8.35. The maximum atomic E-state index is 12.2. The van der Waals surface area contributed by atoms with Gasteiger partial charge < -0.3 is 0 Å². The van der Waals surface area contributed by atoms with Crippen molar-refractivity contribution in [2.45, 2.75) is 5.16 Å². The molecule has 0 unspecified atom stereocenters. The maximum absolute atomic E-state index is 12.2. The number of halogens is 3. The molecule has 0 spiro atoms. The molecule has 1 N–H and O–H groups in total. The number of H-pyrrole nitrogens is 1. The zero-order valence-electron chi connectivity index (χ0n) is 12.1. The number of rotatable bonds is 5. The molecule has 122 valence electrons. The number of hydrogen-bond donors (Lipinski definition) is 1. The highest BCUT2D eigenvalue weighted by Crippen LogP contribution is 2.25. The largest absolute Gasteiger partial charge is 0.293 e. The van der Waals surface area contributed by atoms with Gasteiger partial charge in [-0.2, -0.15) is 0 Å². The van der Waals surface area contributed by atoms with E-state index in [2.05, 4.69) is 31.1 Å². The maximum Gasteiger partial charge on any atom is 0.209 e. The van der Waals surface area contributed by atoms with Gasteiger partial charge in [-0.1, -0.05) is 63.0 Å². The Morgan fingerprint density at radius 3 is 2.62 bits per heavy atom. The van der Waals surface area contributed by atoms with Crippen LogP contribution in [0.15, 0.2) is 52.1 Å². The molecule has 0 atom stereocenters. The molecule has 1 aromatic heterocycles. The van der Waals surface area contributed by atoms with Gasteiger partial charge in [-0.3, -0.25) is 9.89 Å². The molecule has 8 heteroatoms. The van der Waals surface area contributed by atoms with Gasteiger partial charge in [0.05, 0.1) is 10.8 Å². The van der Waals surface area contributed by atoms with Gasteiger partial charge in [0, 0.05) is 20.6 Å². The highest BCUT2D eigenvalue weighted by Gasteiger charge is 2.13. The van der Waals surface area contributed by atoms with Crippen LogP contribution in [0.25, 0.3) is 11.4 Å². The van der Waals surface area contributed by atoms with E-state index in [1.807, 2.05) is 24.3 Å². The Bertz CT molecular complexity index is 883. The summed E-state index contributed by atoms with van der Waals surface area (Å²) in [7, 11) is 0. The number of thioether (sulfide) groups is 1. The first-order chi connectivity index (χ1) is 11.5. The van der Waals surface area contributed by atoms with Gasteiger partial charge in [-0.25, -0.2) is 4.98 Å². The fourth-order valence-corrected chi connectivity index (χ4v) is 3.43. The molecule has 3 rings (SSSR count). The number of nitrogens with one attached hydrogen (secondary N) is 1. The lowest BCUT2D eigenvalue weighted by atomic mass is 10.1. The summed E-state index contributed by atoms with van der Waals surface area (Å²) in [6.07, 6.45) is 0. The Morgan fingerprint density at radius 2 is 1.92 bits per heavy atom. The van der Waals surface area contributed by atoms with E-state index >= 15 is 0 Å². The summed E-state index contributed by atoms with van der Waals surface area (Å²) in [4.78, 5) is 16.6. The average Bonchev–Trinajstić information content (AvgIpc) is 3.02. The third kappa shape index (κ3) is 4.19. The molecule has 2 aromatic carbocycles. The number of carbonyl (C=O) groups is 1. The molecular weight excluding hydrogens is 433 g/mol. The van der Waals surface area contributed by atoms with Gasteiger partial charge in [0.2, 0.25) is 5.16 Å². The fourth-order valence-electron chi connectivity index (χ4n) is 1.97. The molecule has 0 radical (unpaired) electrons. The molecule has 0 saturated carbocycles. The van der Waals surface area contributed by atoms with Crippen LogP contribution in [0.3, 0.4) is 0 Å². The van der Waals surface area contributed by atoms with Crippen molar-refractivity contribution in [1.29, 1.82) is 0 Å². The number of nitrogens with zero attached hydrogens (tertiary/aromatic N) is 2. The van der Waals surface area contributed by atoms with E-state index in [9.17, 15) is 4.79 Å². The van der Waals surface area contributed by atoms with E-state index in [4.69, 9.17) is 23.2 Å². The molecule has 4 nitrogen and oxygen atoms in total. The van der Waals surface area contributed by atoms with E-state index in [1.165, 1.54) is 11.8 Å². The highest BCUT2D eigenvalue weighted by molar-refractivity contribution is 9.10. The number of aromatic amines is 1. The Labute approximate surface area is 161 Å². The number of carbonyl (C=O) groups excluding carboxylic acids is 1. The summed E-state index contributed by atoms with van der Waals surface area (Å²) >= 11 is 16.5. The van der Waals surface area contributed by atoms with Crippen LogP contribution in [-0.4, -0.2) is 26.7 Å². The molecule has 0 saturated heterocycles. The smallest absolute Gasteiger partial charge is 0.209 e. The molecule has 3 aromatic rings. The van der Waals surface area contributed by atoms with Crippen molar-refractivity contribution in [3.05, 3.63) is 62.5 Å². The van der Waals surface area contributed by atoms with Crippen LogP contribution in [0.2, 0.25) is 10.0 Å². The molecule has 1 heterocycles. The van der Waals surface area contributed by atoms with Gasteiger partial charge >= 0.3 is 0 Å². The third-order valence-corrected chi connectivity index (χ3v) is 5.07. The zero-order valence-corrected chi connectivity index (χ0v) is 16.0. The van der Waals surface area contributed by atoms with Crippen LogP contribution < -0.4 is 0 Å². The molecule has 0 bridgehead atoms. The summed E-state index contributed by atoms with van der Waals surface area (Å²) in [6.45, 7) is 0. The van der Waals surface area contributed by atoms with Crippen molar-refractivity contribution in [3.63, 3.8) is 0 Å². The van der Waals surface area contributed by atoms with Crippen molar-refractivity contribution in [2.75, 3.05) is 5.75 Å². The quantitative estimate of drug-likeness (QED) is 0.417. The normalized spacial score (nSPS) is 10.8. The van der Waals surface area contributed by atoms with Crippen molar-refractivity contribution >= 4 is 56.7 Å². The van der Waals surface area contributed by atoms with E-state index in [-0.39, 0.29) is 11.5 Å². The molecule has 0 aliphatic rings. The standard InChI is InChI=1S/C16H10BrCl2N3OS/c17-10-3-1-9(2-4-10)15-20-16(22-21-15)24-8-14(23)12-6-5-11(18)7-13(12)19/h1-7H,8H2,(H,20,21,22). The Hall–Kier alpha value is -1.34. The minimum atomic E-state index is -0.100. The third-order valence-electron chi connectivity index (χ3n) is 3.15. The van der Waals surface area contributed by atoms with Gasteiger partial charge in [0.1, 0.15) is 0 Å². The number of aromatic nitrogens is 3. The molecular formula is C16H10BrCl2N3OS. The molecule has 0 amide bonds. The predicted molar refractivity (Wildman–Crippen MR) is 101 cm³/mol. The summed E-state index contributed by atoms with van der Waals surface area (Å²) in [5.41, 5.74) is 1.36. The van der Waals surface area contributed by atoms with E-state index in [0.717, 1.165) is 10.0 Å². The Morgan fingerprint density at radius 1 is 1.17 bits per heavy atom. The molecule has 0 fully saturated rings. The van der Waals surface area contributed by atoms with Crippen molar-refractivity contribution < 1.29 is 4.79 Å². The van der Waals surface area contributed by atoms with Crippen LogP contribution in [0.1, 0.15) is 10.4 Å². The van der Waals surface area contributed by atoms with E-state index < -0.39 is 0 Å². The first-order valence-corrected chi connectivity index (χ1v) is 9.36. The van der Waals surface area contributed by atoms with Crippen LogP contribution >= 0.6 is 50.9 Å². The Balaban J connectivity index is 1.67. The lowest BCUT2D eigenvalue weighted by molar-refractivity contribution is 0.102. The number of benzene rings is 2. The molecule has 24 heavy (non-hydrogen) atoms. The second-order valence-corrected chi connectivity index (χ2v) is 7.51. The number of Topliss-reactive ketones (excluding diaryl/α,β-unsaturated/α-hetero) is 1. The number of hydrogen-bond acceptors (Lipinski definition) is 4. The topological polar surface area (TPSA) is 58.6 Å². The van der Waals surface area contributed by atoms with Crippen LogP contribution in [-0.2, 0) is 0 Å². The lowest BCUT2D eigenvalue weighted by Crippen LogP contribution is -2.03. The molecule has 0 aliphatic heterocycles. The first kappa shape index (κ1) is 17.5. The van der Waals surface area contributed by atoms with Gasteiger partial charge in [-0.05, 0) is 30.3 Å². The summed E-state index contributed by atoms with van der Waals surface area (Å²) in [6, 6.07) is 12.5. The van der Waals surface area contributed by atoms with E-state index in [1.54, 1.807) is 18.2 Å². The summed E-state index contributed by atoms with van der Waals surface area (Å²) < 4.78 is 0.991. The highest BCUT2D eigenvalue weighted by atomic mass is 79.9. The van der Waals surface area contributed by atoms with Crippen LogP contribution in [0.4, 0.5) is 0 Å². The van der Waals surface area contributed by atoms with Crippen LogP contribution in [0, 0.1) is 0 Å². The number of ketones is 1. The van der Waals surface area contributed by atoms with Crippen molar-refractivity contribution in [1.82, 2.24) is 15.2 Å². The fraction of sp³-hybridized carbons (Fsp3) is 0.0625. The van der Waals surface area contributed by atoms with Gasteiger partial charge in [0.25, 0.3) is 0 Å². The molecule has 0 aliphatic carbocycles. The van der Waals surface area contributed by atoms with Crippen molar-refractivity contribution in [3.8, 4) is 11.4 Å². The minimum Gasteiger partial charge on any atom is -0.293 e. The first-order valence-electron chi connectivity index (χ1n) is 6.82. The lowest BCUT2D eigenvalue weighted by Gasteiger charge is -2.02. The average molecular weight is 443 g/mol. The van der Waals surface area contributed by atoms with Crippen LogP contribution in [0.5, 0.6) is 0 Å². The predicted octanol–water partition coefficient (Wildman–Crippen LogP) is 5.52. The minimum absolute atomic E-state index is 0.100. The monoisotopic (exact) mass is 441 g/mol.